The third-order valence-electron chi connectivity index (χ3n) is 1.77. The summed E-state index contributed by atoms with van der Waals surface area (Å²) in [5.74, 6) is 6.16. The van der Waals surface area contributed by atoms with Crippen molar-refractivity contribution in [3.8, 4) is 11.8 Å². The fourth-order valence-electron chi connectivity index (χ4n) is 1.22. The lowest BCUT2D eigenvalue weighted by Crippen LogP contribution is -1.73. The van der Waals surface area contributed by atoms with Crippen molar-refractivity contribution in [3.63, 3.8) is 0 Å². The summed E-state index contributed by atoms with van der Waals surface area (Å²) in [4.78, 5) is 0. The summed E-state index contributed by atoms with van der Waals surface area (Å²) in [5, 5.41) is 4.12. The Kier molecular flexibility index (Phi) is 2.68. The van der Waals surface area contributed by atoms with Crippen LogP contribution in [0.4, 0.5) is 0 Å². The number of benzene rings is 1. The molecular formula is C11H7BrS. The first-order valence-corrected chi connectivity index (χ1v) is 5.93. The molecule has 2 heteroatoms. The molecule has 0 spiro atoms. The van der Waals surface area contributed by atoms with Gasteiger partial charge in [0.15, 0.2) is 0 Å². The van der Waals surface area contributed by atoms with E-state index >= 15 is 0 Å². The molecule has 0 aliphatic carbocycles. The van der Waals surface area contributed by atoms with E-state index in [0.717, 1.165) is 10.9 Å². The average molecular weight is 251 g/mol. The smallest absolute Gasteiger partial charge is 0.0649 e. The van der Waals surface area contributed by atoms with E-state index < -0.39 is 0 Å². The highest BCUT2D eigenvalue weighted by Crippen LogP contribution is 2.23. The third-order valence-corrected chi connectivity index (χ3v) is 3.01. The lowest BCUT2D eigenvalue weighted by atomic mass is 10.2. The second-order valence-electron chi connectivity index (χ2n) is 2.58. The van der Waals surface area contributed by atoms with Gasteiger partial charge in [0.1, 0.15) is 0 Å². The van der Waals surface area contributed by atoms with Crippen LogP contribution >= 0.6 is 27.3 Å². The molecule has 0 aliphatic rings. The van der Waals surface area contributed by atoms with Crippen molar-refractivity contribution >= 4 is 37.4 Å². The van der Waals surface area contributed by atoms with Crippen molar-refractivity contribution in [3.05, 3.63) is 35.2 Å². The molecule has 0 saturated carbocycles. The van der Waals surface area contributed by atoms with Gasteiger partial charge in [0, 0.05) is 10.3 Å². The SMILES string of the molecule is BrCC#Cc1cccc2ccsc12. The molecule has 1 aromatic carbocycles. The van der Waals surface area contributed by atoms with E-state index in [4.69, 9.17) is 0 Å². The van der Waals surface area contributed by atoms with Gasteiger partial charge in [-0.25, -0.2) is 0 Å². The molecule has 2 aromatic rings. The van der Waals surface area contributed by atoms with Crippen LogP contribution in [0.25, 0.3) is 10.1 Å². The van der Waals surface area contributed by atoms with E-state index in [-0.39, 0.29) is 0 Å². The summed E-state index contributed by atoms with van der Waals surface area (Å²) < 4.78 is 1.29. The number of hydrogen-bond acceptors (Lipinski definition) is 1. The van der Waals surface area contributed by atoms with Crippen LogP contribution in [-0.4, -0.2) is 5.33 Å². The van der Waals surface area contributed by atoms with Crippen LogP contribution < -0.4 is 0 Å². The summed E-state index contributed by atoms with van der Waals surface area (Å²) in [6.45, 7) is 0. The Bertz CT molecular complexity index is 473. The summed E-state index contributed by atoms with van der Waals surface area (Å²) in [7, 11) is 0. The van der Waals surface area contributed by atoms with E-state index in [1.54, 1.807) is 11.3 Å². The van der Waals surface area contributed by atoms with Gasteiger partial charge in [0.2, 0.25) is 0 Å². The molecule has 64 valence electrons. The normalized spacial score (nSPS) is 9.62. The minimum absolute atomic E-state index is 0.731. The number of halogens is 1. The molecule has 0 N–H and O–H groups in total. The molecule has 0 nitrogen and oxygen atoms in total. The van der Waals surface area contributed by atoms with E-state index in [2.05, 4.69) is 51.3 Å². The molecular weight excluding hydrogens is 244 g/mol. The van der Waals surface area contributed by atoms with Gasteiger partial charge in [-0.05, 0) is 22.9 Å². The Morgan fingerprint density at radius 2 is 2.23 bits per heavy atom. The maximum atomic E-state index is 3.29. The minimum atomic E-state index is 0.731. The van der Waals surface area contributed by atoms with Crippen LogP contribution in [0.5, 0.6) is 0 Å². The Morgan fingerprint density at radius 3 is 3.08 bits per heavy atom. The Balaban J connectivity index is 2.61. The lowest BCUT2D eigenvalue weighted by Gasteiger charge is -1.91. The zero-order chi connectivity index (χ0) is 9.10. The molecule has 1 aromatic heterocycles. The largest absolute Gasteiger partial charge is 0.143 e. The predicted molar refractivity (Wildman–Crippen MR) is 62.5 cm³/mol. The highest BCUT2D eigenvalue weighted by Gasteiger charge is 1.97. The lowest BCUT2D eigenvalue weighted by molar-refractivity contribution is 1.77. The molecule has 0 radical (unpaired) electrons. The summed E-state index contributed by atoms with van der Waals surface area (Å²) >= 11 is 5.04. The van der Waals surface area contributed by atoms with Gasteiger partial charge in [-0.2, -0.15) is 0 Å². The van der Waals surface area contributed by atoms with Crippen molar-refractivity contribution in [2.45, 2.75) is 0 Å². The van der Waals surface area contributed by atoms with Gasteiger partial charge in [-0.3, -0.25) is 0 Å². The summed E-state index contributed by atoms with van der Waals surface area (Å²) in [6.07, 6.45) is 0. The molecule has 0 aliphatic heterocycles. The van der Waals surface area contributed by atoms with E-state index in [1.807, 2.05) is 6.07 Å². The fraction of sp³-hybridized carbons (Fsp3) is 0.0909. The second kappa shape index (κ2) is 3.95. The van der Waals surface area contributed by atoms with Crippen molar-refractivity contribution in [2.24, 2.45) is 0 Å². The molecule has 1 heterocycles. The van der Waals surface area contributed by atoms with E-state index in [0.29, 0.717) is 0 Å². The maximum absolute atomic E-state index is 3.29. The third kappa shape index (κ3) is 1.77. The Labute approximate surface area is 89.7 Å². The van der Waals surface area contributed by atoms with Crippen LogP contribution in [0.3, 0.4) is 0 Å². The molecule has 0 fully saturated rings. The molecule has 0 saturated heterocycles. The van der Waals surface area contributed by atoms with Crippen molar-refractivity contribution < 1.29 is 0 Å². The quantitative estimate of drug-likeness (QED) is 0.495. The monoisotopic (exact) mass is 250 g/mol. The summed E-state index contributed by atoms with van der Waals surface area (Å²) in [5.41, 5.74) is 1.13. The summed E-state index contributed by atoms with van der Waals surface area (Å²) in [6, 6.07) is 8.35. The predicted octanol–water partition coefficient (Wildman–Crippen LogP) is 3.65. The van der Waals surface area contributed by atoms with Crippen LogP contribution in [0.1, 0.15) is 5.56 Å². The topological polar surface area (TPSA) is 0 Å². The average Bonchev–Trinajstić information content (AvgIpc) is 2.62. The van der Waals surface area contributed by atoms with Gasteiger partial charge < -0.3 is 0 Å². The standard InChI is InChI=1S/C11H7BrS/c12-7-2-5-9-3-1-4-10-6-8-13-11(9)10/h1,3-4,6,8H,7H2. The van der Waals surface area contributed by atoms with Crippen molar-refractivity contribution in [1.29, 1.82) is 0 Å². The van der Waals surface area contributed by atoms with Crippen molar-refractivity contribution in [2.75, 3.05) is 5.33 Å². The molecule has 2 rings (SSSR count). The molecule has 0 bridgehead atoms. The molecule has 13 heavy (non-hydrogen) atoms. The fourth-order valence-corrected chi connectivity index (χ4v) is 2.23. The Morgan fingerprint density at radius 1 is 1.31 bits per heavy atom. The zero-order valence-electron chi connectivity index (χ0n) is 6.88. The molecule has 0 amide bonds. The number of hydrogen-bond donors (Lipinski definition) is 0. The minimum Gasteiger partial charge on any atom is -0.143 e. The van der Waals surface area contributed by atoms with Gasteiger partial charge in [-0.15, -0.1) is 11.3 Å². The van der Waals surface area contributed by atoms with Crippen LogP contribution in [-0.2, 0) is 0 Å². The molecule has 0 atom stereocenters. The first kappa shape index (κ1) is 8.80. The van der Waals surface area contributed by atoms with E-state index in [9.17, 15) is 0 Å². The number of rotatable bonds is 0. The highest BCUT2D eigenvalue weighted by atomic mass is 79.9. The van der Waals surface area contributed by atoms with Gasteiger partial charge in [0.05, 0.1) is 5.33 Å². The van der Waals surface area contributed by atoms with Gasteiger partial charge in [0.25, 0.3) is 0 Å². The first-order chi connectivity index (χ1) is 6.42. The molecule has 0 unspecified atom stereocenters. The van der Waals surface area contributed by atoms with Crippen LogP contribution in [0.2, 0.25) is 0 Å². The second-order valence-corrected chi connectivity index (χ2v) is 4.06. The maximum Gasteiger partial charge on any atom is 0.0649 e. The Hall–Kier alpha value is -0.780. The number of fused-ring (bicyclic) bond motifs is 1. The first-order valence-electron chi connectivity index (χ1n) is 3.93. The number of alkyl halides is 1. The van der Waals surface area contributed by atoms with Crippen LogP contribution in [0, 0.1) is 11.8 Å². The highest BCUT2D eigenvalue weighted by molar-refractivity contribution is 9.09. The van der Waals surface area contributed by atoms with Gasteiger partial charge >= 0.3 is 0 Å². The number of thiophene rings is 1. The van der Waals surface area contributed by atoms with Crippen molar-refractivity contribution in [1.82, 2.24) is 0 Å². The van der Waals surface area contributed by atoms with E-state index in [1.165, 1.54) is 10.1 Å². The zero-order valence-corrected chi connectivity index (χ0v) is 9.28. The van der Waals surface area contributed by atoms with Gasteiger partial charge in [-0.1, -0.05) is 39.9 Å². The van der Waals surface area contributed by atoms with Crippen LogP contribution in [0.15, 0.2) is 29.6 Å².